The topological polar surface area (TPSA) is 63.7 Å². The van der Waals surface area contributed by atoms with Crippen molar-refractivity contribution in [2.45, 2.75) is 18.6 Å². The van der Waals surface area contributed by atoms with E-state index in [1.54, 1.807) is 19.5 Å². The molecule has 0 unspecified atom stereocenters. The number of ether oxygens (including phenoxy) is 2. The highest BCUT2D eigenvalue weighted by atomic mass is 16.5. The molecular formula is C15H21N3O3. The van der Waals surface area contributed by atoms with Crippen LogP contribution in [0.4, 0.5) is 5.69 Å². The first kappa shape index (κ1) is 14.4. The molecule has 114 valence electrons. The van der Waals surface area contributed by atoms with E-state index in [-0.39, 0.29) is 24.0 Å². The Kier molecular flexibility index (Phi) is 4.48. The zero-order valence-corrected chi connectivity index (χ0v) is 12.2. The molecule has 2 aliphatic heterocycles. The SMILES string of the molecule is COCCN1C[C@H]2C[C@@H](C(=O)Nc3cccnc3)[C@@H](C1)O2. The first-order valence-electron chi connectivity index (χ1n) is 7.34. The van der Waals surface area contributed by atoms with Gasteiger partial charge in [-0.3, -0.25) is 14.7 Å². The van der Waals surface area contributed by atoms with Crippen molar-refractivity contribution < 1.29 is 14.3 Å². The van der Waals surface area contributed by atoms with Gasteiger partial charge in [0.15, 0.2) is 0 Å². The van der Waals surface area contributed by atoms with E-state index in [2.05, 4.69) is 15.2 Å². The molecule has 6 nitrogen and oxygen atoms in total. The molecule has 2 saturated heterocycles. The Bertz CT molecular complexity index is 482. The number of hydrogen-bond acceptors (Lipinski definition) is 5. The molecule has 0 aliphatic carbocycles. The molecule has 1 aromatic rings. The van der Waals surface area contributed by atoms with Gasteiger partial charge in [0, 0.05) is 32.9 Å². The highest BCUT2D eigenvalue weighted by molar-refractivity contribution is 5.93. The summed E-state index contributed by atoms with van der Waals surface area (Å²) in [5.41, 5.74) is 0.736. The Labute approximate surface area is 124 Å². The van der Waals surface area contributed by atoms with E-state index in [4.69, 9.17) is 9.47 Å². The fourth-order valence-electron chi connectivity index (χ4n) is 3.09. The van der Waals surface area contributed by atoms with Gasteiger partial charge in [-0.05, 0) is 18.6 Å². The molecule has 2 aliphatic rings. The van der Waals surface area contributed by atoms with E-state index in [0.29, 0.717) is 6.61 Å². The molecule has 0 radical (unpaired) electrons. The van der Waals surface area contributed by atoms with Crippen LogP contribution in [0.3, 0.4) is 0 Å². The Morgan fingerprint density at radius 3 is 3.24 bits per heavy atom. The van der Waals surface area contributed by atoms with Crippen LogP contribution in [0, 0.1) is 5.92 Å². The maximum absolute atomic E-state index is 12.4. The number of aromatic nitrogens is 1. The molecule has 21 heavy (non-hydrogen) atoms. The van der Waals surface area contributed by atoms with Crippen LogP contribution in [-0.4, -0.2) is 61.3 Å². The summed E-state index contributed by atoms with van der Waals surface area (Å²) in [5.74, 6) is -0.0492. The van der Waals surface area contributed by atoms with Crippen molar-refractivity contribution >= 4 is 11.6 Å². The second-order valence-corrected chi connectivity index (χ2v) is 5.62. The predicted molar refractivity (Wildman–Crippen MR) is 78.0 cm³/mol. The van der Waals surface area contributed by atoms with Gasteiger partial charge in [0.05, 0.1) is 36.6 Å². The van der Waals surface area contributed by atoms with Crippen molar-refractivity contribution in [3.8, 4) is 0 Å². The van der Waals surface area contributed by atoms with Gasteiger partial charge in [-0.15, -0.1) is 0 Å². The van der Waals surface area contributed by atoms with Crippen LogP contribution in [0.25, 0.3) is 0 Å². The van der Waals surface area contributed by atoms with Crippen molar-refractivity contribution in [3.05, 3.63) is 24.5 Å². The number of rotatable bonds is 5. The molecule has 6 heteroatoms. The van der Waals surface area contributed by atoms with Crippen LogP contribution in [0.2, 0.25) is 0 Å². The Hall–Kier alpha value is -1.50. The fourth-order valence-corrected chi connectivity index (χ4v) is 3.09. The van der Waals surface area contributed by atoms with E-state index in [1.807, 2.05) is 12.1 Å². The maximum atomic E-state index is 12.4. The number of amides is 1. The molecule has 3 atom stereocenters. The molecule has 0 aromatic carbocycles. The molecular weight excluding hydrogens is 270 g/mol. The molecule has 3 heterocycles. The van der Waals surface area contributed by atoms with E-state index < -0.39 is 0 Å². The number of pyridine rings is 1. The average molecular weight is 291 g/mol. The minimum absolute atomic E-state index is 0.0164. The standard InChI is InChI=1S/C15H21N3O3/c1-20-6-5-18-9-12-7-13(14(10-18)21-12)15(19)17-11-3-2-4-16-8-11/h2-4,8,12-14H,5-7,9-10H2,1H3,(H,17,19)/t12-,13-,14-/m1/s1. The first-order valence-corrected chi connectivity index (χ1v) is 7.34. The van der Waals surface area contributed by atoms with Crippen molar-refractivity contribution in [1.29, 1.82) is 0 Å². The Balaban J connectivity index is 1.58. The summed E-state index contributed by atoms with van der Waals surface area (Å²) in [6.45, 7) is 3.29. The van der Waals surface area contributed by atoms with Crippen LogP contribution in [0.1, 0.15) is 6.42 Å². The van der Waals surface area contributed by atoms with Crippen molar-refractivity contribution in [1.82, 2.24) is 9.88 Å². The van der Waals surface area contributed by atoms with Crippen molar-refractivity contribution in [2.75, 3.05) is 38.7 Å². The lowest BCUT2D eigenvalue weighted by Gasteiger charge is -2.32. The minimum atomic E-state index is -0.0808. The van der Waals surface area contributed by atoms with Gasteiger partial charge in [0.25, 0.3) is 0 Å². The minimum Gasteiger partial charge on any atom is -0.383 e. The van der Waals surface area contributed by atoms with Gasteiger partial charge in [-0.2, -0.15) is 0 Å². The second kappa shape index (κ2) is 6.51. The van der Waals surface area contributed by atoms with Crippen LogP contribution in [0.5, 0.6) is 0 Å². The number of nitrogens with zero attached hydrogens (tertiary/aromatic N) is 2. The zero-order valence-electron chi connectivity index (χ0n) is 12.2. The van der Waals surface area contributed by atoms with Crippen LogP contribution in [-0.2, 0) is 14.3 Å². The van der Waals surface area contributed by atoms with Gasteiger partial charge in [0.2, 0.25) is 5.91 Å². The maximum Gasteiger partial charge on any atom is 0.230 e. The summed E-state index contributed by atoms with van der Waals surface area (Å²) in [6, 6.07) is 3.66. The van der Waals surface area contributed by atoms with Gasteiger partial charge in [-0.1, -0.05) is 0 Å². The van der Waals surface area contributed by atoms with Crippen LogP contribution < -0.4 is 5.32 Å². The summed E-state index contributed by atoms with van der Waals surface area (Å²) >= 11 is 0. The largest absolute Gasteiger partial charge is 0.383 e. The van der Waals surface area contributed by atoms with Crippen molar-refractivity contribution in [3.63, 3.8) is 0 Å². The Morgan fingerprint density at radius 1 is 1.57 bits per heavy atom. The highest BCUT2D eigenvalue weighted by Crippen LogP contribution is 2.32. The fraction of sp³-hybridized carbons (Fsp3) is 0.600. The number of nitrogens with one attached hydrogen (secondary N) is 1. The van der Waals surface area contributed by atoms with Gasteiger partial charge in [-0.25, -0.2) is 0 Å². The van der Waals surface area contributed by atoms with E-state index in [1.165, 1.54) is 0 Å². The third-order valence-corrected chi connectivity index (χ3v) is 4.11. The number of fused-ring (bicyclic) bond motifs is 2. The van der Waals surface area contributed by atoms with Crippen LogP contribution in [0.15, 0.2) is 24.5 Å². The molecule has 0 spiro atoms. The molecule has 2 fully saturated rings. The third-order valence-electron chi connectivity index (χ3n) is 4.11. The molecule has 1 amide bonds. The number of anilines is 1. The van der Waals surface area contributed by atoms with Gasteiger partial charge >= 0.3 is 0 Å². The first-order chi connectivity index (χ1) is 10.3. The molecule has 2 bridgehead atoms. The smallest absolute Gasteiger partial charge is 0.230 e. The lowest BCUT2D eigenvalue weighted by molar-refractivity contribution is -0.123. The van der Waals surface area contributed by atoms with Gasteiger partial charge < -0.3 is 14.8 Å². The molecule has 1 aromatic heterocycles. The summed E-state index contributed by atoms with van der Waals surface area (Å²) in [7, 11) is 1.71. The summed E-state index contributed by atoms with van der Waals surface area (Å²) in [4.78, 5) is 18.7. The lowest BCUT2D eigenvalue weighted by Crippen LogP contribution is -2.45. The summed E-state index contributed by atoms with van der Waals surface area (Å²) < 4.78 is 11.0. The average Bonchev–Trinajstić information content (AvgIpc) is 2.81. The number of methoxy groups -OCH3 is 1. The zero-order chi connectivity index (χ0) is 14.7. The number of likely N-dealkylation sites (tertiary alicyclic amines) is 1. The second-order valence-electron chi connectivity index (χ2n) is 5.62. The molecule has 1 N–H and O–H groups in total. The number of morpholine rings is 1. The summed E-state index contributed by atoms with van der Waals surface area (Å²) in [5, 5.41) is 2.93. The molecule has 0 saturated carbocycles. The van der Waals surface area contributed by atoms with E-state index >= 15 is 0 Å². The van der Waals surface area contributed by atoms with Gasteiger partial charge in [0.1, 0.15) is 0 Å². The number of carbonyl (C=O) groups is 1. The number of carbonyl (C=O) groups excluding carboxylic acids is 1. The summed E-state index contributed by atoms with van der Waals surface area (Å²) in [6.07, 6.45) is 4.28. The monoisotopic (exact) mass is 291 g/mol. The molecule has 3 rings (SSSR count). The van der Waals surface area contributed by atoms with E-state index in [0.717, 1.165) is 31.7 Å². The quantitative estimate of drug-likeness (QED) is 0.867. The van der Waals surface area contributed by atoms with Crippen molar-refractivity contribution in [2.24, 2.45) is 5.92 Å². The number of hydrogen-bond donors (Lipinski definition) is 1. The predicted octanol–water partition coefficient (Wildman–Crippen LogP) is 0.756. The lowest BCUT2D eigenvalue weighted by atomic mass is 9.99. The van der Waals surface area contributed by atoms with E-state index in [9.17, 15) is 4.79 Å². The highest BCUT2D eigenvalue weighted by Gasteiger charge is 2.44. The normalized spacial score (nSPS) is 28.5. The third kappa shape index (κ3) is 3.40. The Morgan fingerprint density at radius 2 is 2.48 bits per heavy atom. The van der Waals surface area contributed by atoms with Crippen LogP contribution >= 0.6 is 0 Å².